The molecule has 1 saturated heterocycles. The largest absolute Gasteiger partial charge is 2.00 e. The van der Waals surface area contributed by atoms with Crippen LogP contribution in [0.15, 0.2) is 59.1 Å². The Morgan fingerprint density at radius 3 is 2.27 bits per heavy atom. The van der Waals surface area contributed by atoms with Crippen molar-refractivity contribution in [2.75, 3.05) is 26.2 Å². The minimum absolute atomic E-state index is 0. The number of hydrogen-bond acceptors (Lipinski definition) is 4. The Morgan fingerprint density at radius 2 is 1.70 bits per heavy atom. The molecule has 2 aliphatic heterocycles. The van der Waals surface area contributed by atoms with Gasteiger partial charge in [0.2, 0.25) is 0 Å². The number of alkyl halides is 3. The van der Waals surface area contributed by atoms with Gasteiger partial charge in [0, 0.05) is 16.6 Å². The third kappa shape index (κ3) is 7.65. The van der Waals surface area contributed by atoms with Gasteiger partial charge in [0.05, 0.1) is 12.1 Å². The number of nitrogens with zero attached hydrogens (tertiary/aromatic N) is 2. The van der Waals surface area contributed by atoms with E-state index in [1.807, 2.05) is 19.1 Å². The molecule has 1 atom stereocenters. The molecule has 1 N–H and O–H groups in total. The number of benzene rings is 2. The molecule has 0 spiro atoms. The quantitative estimate of drug-likeness (QED) is 0.315. The molecule has 0 saturated carbocycles. The molecule has 0 aliphatic carbocycles. The summed E-state index contributed by atoms with van der Waals surface area (Å²) in [6.07, 6.45) is 1.89. The molecule has 4 nitrogen and oxygen atoms in total. The van der Waals surface area contributed by atoms with E-state index in [4.69, 9.17) is 28.2 Å². The molecule has 10 heteroatoms. The van der Waals surface area contributed by atoms with Crippen molar-refractivity contribution < 1.29 is 54.1 Å². The number of aliphatic hydroxyl groups is 1. The number of hydrogen-bond donors (Lipinski definition) is 1. The molecule has 1 fully saturated rings. The van der Waals surface area contributed by atoms with Crippen molar-refractivity contribution in [2.45, 2.75) is 38.1 Å². The summed E-state index contributed by atoms with van der Waals surface area (Å²) in [5.74, 6) is 0.962. The summed E-state index contributed by atoms with van der Waals surface area (Å²) in [5, 5.41) is 11.4. The number of allylic oxidation sites excluding steroid dienone is 1. The Bertz CT molecular complexity index is 1110. The topological polar surface area (TPSA) is 45.1 Å². The average molecular weight is 777 g/mol. The van der Waals surface area contributed by atoms with Crippen molar-refractivity contribution in [1.82, 2.24) is 4.90 Å². The number of rotatable bonds is 7. The summed E-state index contributed by atoms with van der Waals surface area (Å²) in [6, 6.07) is 11.1. The Morgan fingerprint density at radius 1 is 1.08 bits per heavy atom. The third-order valence-corrected chi connectivity index (χ3v) is 7.10. The average Bonchev–Trinajstić information content (AvgIpc) is 2.83. The van der Waals surface area contributed by atoms with Crippen LogP contribution in [0.25, 0.3) is 0 Å². The predicted octanol–water partition coefficient (Wildman–Crippen LogP) is 6.79. The summed E-state index contributed by atoms with van der Waals surface area (Å²) >= 11 is 12.3. The first-order valence-electron chi connectivity index (χ1n) is 11.7. The second kappa shape index (κ2) is 12.7. The number of ether oxygens (including phenoxy) is 1. The van der Waals surface area contributed by atoms with Gasteiger partial charge in [-0.1, -0.05) is 54.6 Å². The zero-order chi connectivity index (χ0) is 25.9. The van der Waals surface area contributed by atoms with Gasteiger partial charge in [0.25, 0.3) is 0 Å². The second-order valence-electron chi connectivity index (χ2n) is 9.12. The van der Waals surface area contributed by atoms with E-state index in [1.165, 1.54) is 18.1 Å². The fourth-order valence-electron chi connectivity index (χ4n) is 4.76. The summed E-state index contributed by atoms with van der Waals surface area (Å²) in [4.78, 5) is 6.99. The maximum Gasteiger partial charge on any atom is 2.00 e. The number of aliphatic imine (C=N–C) groups is 1. The second-order valence-corrected chi connectivity index (χ2v) is 9.99. The normalized spacial score (nSPS) is 18.3. The van der Waals surface area contributed by atoms with Crippen molar-refractivity contribution in [3.8, 4) is 5.75 Å². The molecule has 2 aromatic carbocycles. The molecule has 0 amide bonds. The van der Waals surface area contributed by atoms with E-state index in [1.54, 1.807) is 18.2 Å². The van der Waals surface area contributed by atoms with E-state index in [0.717, 1.165) is 48.2 Å². The van der Waals surface area contributed by atoms with Crippen LogP contribution in [0.2, 0.25) is 10.0 Å². The van der Waals surface area contributed by atoms with Crippen molar-refractivity contribution in [2.24, 2.45) is 4.99 Å². The predicted molar refractivity (Wildman–Crippen MR) is 136 cm³/mol. The van der Waals surface area contributed by atoms with Crippen LogP contribution >= 0.6 is 23.2 Å². The Balaban J connectivity index is 0.00000380. The van der Waals surface area contributed by atoms with E-state index in [0.29, 0.717) is 23.1 Å². The van der Waals surface area contributed by atoms with Gasteiger partial charge in [-0.25, -0.2) is 18.4 Å². The fourth-order valence-corrected chi connectivity index (χ4v) is 5.31. The van der Waals surface area contributed by atoms with Gasteiger partial charge in [0.15, 0.2) is 0 Å². The number of dihydropyridines is 1. The minimum atomic E-state index is -4.74. The first kappa shape index (κ1) is 30.3. The SMILES string of the molecule is CC(CO)(c1ccc(OC(F)(F)F)cc1)N1CC[C-](C2=NCCC=C2[CH-]c2cc(Cl)cc(Cl)c2)CC1.[U+2]. The molecule has 1 unspecified atom stereocenters. The minimum Gasteiger partial charge on any atom is -0.406 e. The van der Waals surface area contributed by atoms with Gasteiger partial charge >= 0.3 is 37.5 Å². The van der Waals surface area contributed by atoms with Crippen LogP contribution in [0.1, 0.15) is 37.3 Å². The summed E-state index contributed by atoms with van der Waals surface area (Å²) < 4.78 is 41.5. The van der Waals surface area contributed by atoms with E-state index in [-0.39, 0.29) is 43.5 Å². The van der Waals surface area contributed by atoms with Crippen LogP contribution in [0.4, 0.5) is 13.2 Å². The van der Waals surface area contributed by atoms with Gasteiger partial charge in [0.1, 0.15) is 5.75 Å². The van der Waals surface area contributed by atoms with Gasteiger partial charge in [-0.3, -0.25) is 10.5 Å². The molecular weight excluding hydrogens is 750 g/mol. The van der Waals surface area contributed by atoms with E-state index >= 15 is 0 Å². The van der Waals surface area contributed by atoms with Crippen LogP contribution < -0.4 is 4.74 Å². The van der Waals surface area contributed by atoms with Crippen molar-refractivity contribution in [1.29, 1.82) is 0 Å². The number of piperidine rings is 1. The zero-order valence-electron chi connectivity index (χ0n) is 20.3. The first-order chi connectivity index (χ1) is 17.1. The molecule has 0 radical (unpaired) electrons. The maximum atomic E-state index is 12.5. The molecule has 37 heavy (non-hydrogen) atoms. The standard InChI is InChI=1S/C27H27Cl2F3N2O2.U/c1-26(17-35,21-4-6-24(7-5-21)36-27(30,31)32)34-11-8-19(9-12-34)25-20(3-2-10-33-25)13-18-14-22(28)16-23(29)15-18;/h3-7,13-16,35H,2,8-12,17H2,1H3;/q-2;+2. The van der Waals surface area contributed by atoms with Crippen LogP contribution in [0.5, 0.6) is 5.75 Å². The summed E-state index contributed by atoms with van der Waals surface area (Å²) in [6.45, 7) is 3.83. The maximum absolute atomic E-state index is 12.5. The molecule has 2 heterocycles. The molecule has 2 aromatic rings. The van der Waals surface area contributed by atoms with E-state index < -0.39 is 11.9 Å². The van der Waals surface area contributed by atoms with Gasteiger partial charge in [-0.15, -0.1) is 30.9 Å². The van der Waals surface area contributed by atoms with Gasteiger partial charge in [-0.05, 0) is 43.8 Å². The van der Waals surface area contributed by atoms with Crippen LogP contribution in [-0.2, 0) is 5.54 Å². The Hall–Kier alpha value is -1.27. The van der Waals surface area contributed by atoms with Crippen LogP contribution in [0.3, 0.4) is 0 Å². The Labute approximate surface area is 249 Å². The number of likely N-dealkylation sites (tertiary alicyclic amines) is 1. The smallest absolute Gasteiger partial charge is 0.406 e. The van der Waals surface area contributed by atoms with Gasteiger partial charge < -0.3 is 14.8 Å². The fraction of sp³-hybridized carbons (Fsp3) is 0.370. The van der Waals surface area contributed by atoms with Crippen molar-refractivity contribution in [3.63, 3.8) is 0 Å². The Kier molecular flexibility index (Phi) is 10.4. The number of aliphatic hydroxyl groups excluding tert-OH is 1. The summed E-state index contributed by atoms with van der Waals surface area (Å²) in [7, 11) is 0. The van der Waals surface area contributed by atoms with E-state index in [2.05, 4.69) is 22.1 Å². The first-order valence-corrected chi connectivity index (χ1v) is 12.5. The van der Waals surface area contributed by atoms with Crippen molar-refractivity contribution in [3.05, 3.63) is 87.6 Å². The third-order valence-electron chi connectivity index (χ3n) is 6.66. The van der Waals surface area contributed by atoms with E-state index in [9.17, 15) is 18.3 Å². The molecule has 4 rings (SSSR count). The molecule has 196 valence electrons. The molecule has 0 aromatic heterocycles. The number of halogens is 5. The van der Waals surface area contributed by atoms with Crippen LogP contribution in [-0.4, -0.2) is 48.3 Å². The zero-order valence-corrected chi connectivity index (χ0v) is 26.0. The van der Waals surface area contributed by atoms with Crippen molar-refractivity contribution >= 4 is 28.9 Å². The monoisotopic (exact) mass is 776 g/mol. The molecule has 2 aliphatic rings. The molecule has 0 bridgehead atoms. The molecular formula is C27H27Cl2F3N2O2U. The van der Waals surface area contributed by atoms with Crippen LogP contribution in [0, 0.1) is 43.5 Å². The summed E-state index contributed by atoms with van der Waals surface area (Å²) in [5.41, 5.74) is 2.95. The van der Waals surface area contributed by atoms with Gasteiger partial charge in [-0.2, -0.15) is 5.71 Å².